The zero-order chi connectivity index (χ0) is 29.9. The SMILES string of the molecule is COC(=O)[C@H](CCc1ccc(O)cc1)NC(=O)c1ccc2c(C3CCCCC3)c3n(c2c1)CCOc1cc(OC)ccc1-3. The third-order valence-corrected chi connectivity index (χ3v) is 8.84. The largest absolute Gasteiger partial charge is 0.508 e. The fraction of sp³-hybridized carbons (Fsp3) is 0.371. The van der Waals surface area contributed by atoms with E-state index < -0.39 is 12.0 Å². The number of hydrogen-bond donors (Lipinski definition) is 2. The van der Waals surface area contributed by atoms with Gasteiger partial charge < -0.3 is 29.2 Å². The fourth-order valence-electron chi connectivity index (χ4n) is 6.64. The molecule has 8 heteroatoms. The van der Waals surface area contributed by atoms with E-state index in [0.29, 0.717) is 37.5 Å². The number of hydrogen-bond acceptors (Lipinski definition) is 6. The number of aryl methyl sites for hydroxylation is 1. The van der Waals surface area contributed by atoms with Crippen LogP contribution in [0.3, 0.4) is 0 Å². The van der Waals surface area contributed by atoms with E-state index in [1.54, 1.807) is 31.4 Å². The second-order valence-electron chi connectivity index (χ2n) is 11.4. The van der Waals surface area contributed by atoms with E-state index in [9.17, 15) is 14.7 Å². The number of carbonyl (C=O) groups excluding carboxylic acids is 2. The summed E-state index contributed by atoms with van der Waals surface area (Å²) in [6.45, 7) is 1.15. The molecule has 1 saturated carbocycles. The van der Waals surface area contributed by atoms with E-state index in [1.165, 1.54) is 37.3 Å². The molecule has 1 aromatic heterocycles. The van der Waals surface area contributed by atoms with Crippen LogP contribution in [0.1, 0.15) is 65.9 Å². The molecule has 8 nitrogen and oxygen atoms in total. The summed E-state index contributed by atoms with van der Waals surface area (Å²) in [5.41, 5.74) is 5.97. The molecular formula is C35H38N2O6. The van der Waals surface area contributed by atoms with Gasteiger partial charge in [-0.25, -0.2) is 4.79 Å². The number of rotatable bonds is 8. The molecule has 2 heterocycles. The lowest BCUT2D eigenvalue weighted by atomic mass is 9.81. The number of methoxy groups -OCH3 is 2. The highest BCUT2D eigenvalue weighted by molar-refractivity contribution is 6.02. The molecule has 1 atom stereocenters. The number of ether oxygens (including phenoxy) is 3. The first-order chi connectivity index (χ1) is 21.0. The maximum Gasteiger partial charge on any atom is 0.328 e. The number of esters is 1. The molecular weight excluding hydrogens is 544 g/mol. The summed E-state index contributed by atoms with van der Waals surface area (Å²) in [7, 11) is 2.99. The van der Waals surface area contributed by atoms with Gasteiger partial charge in [0.15, 0.2) is 0 Å². The van der Waals surface area contributed by atoms with Crippen LogP contribution >= 0.6 is 0 Å². The van der Waals surface area contributed by atoms with Crippen molar-refractivity contribution in [2.45, 2.75) is 63.5 Å². The zero-order valence-corrected chi connectivity index (χ0v) is 24.7. The molecule has 1 amide bonds. The van der Waals surface area contributed by atoms with Gasteiger partial charge in [-0.1, -0.05) is 37.5 Å². The molecule has 1 aliphatic carbocycles. The number of phenolic OH excluding ortho intramolecular Hbond substituents is 1. The van der Waals surface area contributed by atoms with E-state index in [2.05, 4.69) is 22.0 Å². The van der Waals surface area contributed by atoms with E-state index in [0.717, 1.165) is 46.7 Å². The number of amides is 1. The van der Waals surface area contributed by atoms with Gasteiger partial charge in [0.25, 0.3) is 5.91 Å². The summed E-state index contributed by atoms with van der Waals surface area (Å²) >= 11 is 0. The minimum absolute atomic E-state index is 0.182. The zero-order valence-electron chi connectivity index (χ0n) is 24.7. The van der Waals surface area contributed by atoms with Crippen LogP contribution in [0.5, 0.6) is 17.2 Å². The molecule has 3 aromatic carbocycles. The number of benzene rings is 3. The minimum atomic E-state index is -0.806. The average Bonchev–Trinajstić information content (AvgIpc) is 3.24. The van der Waals surface area contributed by atoms with Gasteiger partial charge >= 0.3 is 5.97 Å². The van der Waals surface area contributed by atoms with Crippen molar-refractivity contribution in [2.24, 2.45) is 0 Å². The molecule has 0 bridgehead atoms. The van der Waals surface area contributed by atoms with Crippen molar-refractivity contribution in [1.82, 2.24) is 9.88 Å². The minimum Gasteiger partial charge on any atom is -0.508 e. The number of aromatic nitrogens is 1. The number of fused-ring (bicyclic) bond motifs is 5. The molecule has 1 fully saturated rings. The van der Waals surface area contributed by atoms with Gasteiger partial charge in [0.1, 0.15) is 29.9 Å². The lowest BCUT2D eigenvalue weighted by Gasteiger charge is -2.23. The van der Waals surface area contributed by atoms with Crippen molar-refractivity contribution >= 4 is 22.8 Å². The molecule has 6 rings (SSSR count). The molecule has 0 saturated heterocycles. The first kappa shape index (κ1) is 28.6. The number of phenols is 1. The van der Waals surface area contributed by atoms with Crippen LogP contribution in [0, 0.1) is 0 Å². The van der Waals surface area contributed by atoms with Crippen molar-refractivity contribution in [2.75, 3.05) is 20.8 Å². The van der Waals surface area contributed by atoms with Gasteiger partial charge in [-0.15, -0.1) is 0 Å². The van der Waals surface area contributed by atoms with Crippen molar-refractivity contribution in [3.63, 3.8) is 0 Å². The quantitative estimate of drug-likeness (QED) is 0.234. The first-order valence-corrected chi connectivity index (χ1v) is 15.1. The molecule has 43 heavy (non-hydrogen) atoms. The van der Waals surface area contributed by atoms with E-state index in [4.69, 9.17) is 14.2 Å². The normalized spacial score (nSPS) is 15.5. The Balaban J connectivity index is 1.36. The number of nitrogens with one attached hydrogen (secondary N) is 1. The Morgan fingerprint density at radius 1 is 1.02 bits per heavy atom. The Hall–Kier alpha value is -4.46. The van der Waals surface area contributed by atoms with Gasteiger partial charge in [0, 0.05) is 28.1 Å². The number of nitrogens with zero attached hydrogens (tertiary/aromatic N) is 1. The number of aromatic hydroxyl groups is 1. The molecule has 1 aliphatic heterocycles. The Kier molecular flexibility index (Phi) is 8.27. The topological polar surface area (TPSA) is 99.0 Å². The van der Waals surface area contributed by atoms with Crippen LogP contribution in [0.25, 0.3) is 22.2 Å². The van der Waals surface area contributed by atoms with Crippen LogP contribution in [0.2, 0.25) is 0 Å². The summed E-state index contributed by atoms with van der Waals surface area (Å²) in [5.74, 6) is 1.37. The van der Waals surface area contributed by atoms with Crippen LogP contribution in [-0.4, -0.2) is 48.4 Å². The Labute approximate surface area is 251 Å². The van der Waals surface area contributed by atoms with Crippen LogP contribution in [0.15, 0.2) is 60.7 Å². The molecule has 0 unspecified atom stereocenters. The molecule has 0 radical (unpaired) electrons. The second kappa shape index (κ2) is 12.4. The van der Waals surface area contributed by atoms with Crippen LogP contribution in [0.4, 0.5) is 0 Å². The van der Waals surface area contributed by atoms with E-state index in [-0.39, 0.29) is 11.7 Å². The first-order valence-electron chi connectivity index (χ1n) is 15.1. The van der Waals surface area contributed by atoms with Crippen molar-refractivity contribution in [3.05, 3.63) is 77.4 Å². The van der Waals surface area contributed by atoms with Gasteiger partial charge in [-0.2, -0.15) is 0 Å². The third-order valence-electron chi connectivity index (χ3n) is 8.84. The standard InChI is InChI=1S/C35H38N2O6/c1-41-26-14-16-28-31(21-26)43-19-18-37-30-20-24(11-15-27(30)32(33(28)37)23-6-4-3-5-7-23)34(39)36-29(35(40)42-2)17-10-22-8-12-25(38)13-9-22/h8-9,11-16,20-21,23,29,38H,3-7,10,17-19H2,1-2H3,(H,36,39)/t29-/m0/s1. The second-order valence-corrected chi connectivity index (χ2v) is 11.4. The van der Waals surface area contributed by atoms with E-state index in [1.807, 2.05) is 24.3 Å². The predicted octanol–water partition coefficient (Wildman–Crippen LogP) is 6.37. The predicted molar refractivity (Wildman–Crippen MR) is 165 cm³/mol. The van der Waals surface area contributed by atoms with Gasteiger partial charge in [-0.3, -0.25) is 4.79 Å². The monoisotopic (exact) mass is 582 g/mol. The maximum absolute atomic E-state index is 13.6. The van der Waals surface area contributed by atoms with Crippen molar-refractivity contribution in [1.29, 1.82) is 0 Å². The molecule has 2 aliphatic rings. The Morgan fingerprint density at radius 2 is 1.81 bits per heavy atom. The van der Waals surface area contributed by atoms with Gasteiger partial charge in [0.2, 0.25) is 0 Å². The lowest BCUT2D eigenvalue weighted by molar-refractivity contribution is -0.143. The molecule has 224 valence electrons. The fourth-order valence-corrected chi connectivity index (χ4v) is 6.64. The highest BCUT2D eigenvalue weighted by Crippen LogP contribution is 2.47. The summed E-state index contributed by atoms with van der Waals surface area (Å²) in [5, 5.41) is 13.6. The Bertz CT molecular complexity index is 1630. The highest BCUT2D eigenvalue weighted by Gasteiger charge is 2.30. The maximum atomic E-state index is 13.6. The molecule has 4 aromatic rings. The molecule has 2 N–H and O–H groups in total. The summed E-state index contributed by atoms with van der Waals surface area (Å²) in [6.07, 6.45) is 6.88. The summed E-state index contributed by atoms with van der Waals surface area (Å²) in [6, 6.07) is 17.9. The smallest absolute Gasteiger partial charge is 0.328 e. The highest BCUT2D eigenvalue weighted by atomic mass is 16.5. The average molecular weight is 583 g/mol. The van der Waals surface area contributed by atoms with Crippen LogP contribution in [-0.2, 0) is 22.5 Å². The summed E-state index contributed by atoms with van der Waals surface area (Å²) in [4.78, 5) is 26.2. The van der Waals surface area contributed by atoms with Gasteiger partial charge in [-0.05, 0) is 79.1 Å². The van der Waals surface area contributed by atoms with Crippen molar-refractivity contribution in [3.8, 4) is 28.5 Å². The van der Waals surface area contributed by atoms with Gasteiger partial charge in [0.05, 0.1) is 26.5 Å². The van der Waals surface area contributed by atoms with E-state index >= 15 is 0 Å². The summed E-state index contributed by atoms with van der Waals surface area (Å²) < 4.78 is 19.0. The third kappa shape index (κ3) is 5.78. The lowest BCUT2D eigenvalue weighted by Crippen LogP contribution is -2.41. The van der Waals surface area contributed by atoms with Crippen molar-refractivity contribution < 1.29 is 28.9 Å². The van der Waals surface area contributed by atoms with Crippen LogP contribution < -0.4 is 14.8 Å². The number of carbonyl (C=O) groups is 2. The Morgan fingerprint density at radius 3 is 2.56 bits per heavy atom. The molecule has 0 spiro atoms.